The Morgan fingerprint density at radius 3 is 2.09 bits per heavy atom. The summed E-state index contributed by atoms with van der Waals surface area (Å²) in [6.45, 7) is -3.66. The van der Waals surface area contributed by atoms with Crippen LogP contribution in [-0.4, -0.2) is 51.6 Å². The number of aliphatic carboxylic acids is 1. The fourth-order valence-corrected chi connectivity index (χ4v) is 4.42. The van der Waals surface area contributed by atoms with Crippen LogP contribution in [0.2, 0.25) is 0 Å². The monoisotopic (exact) mass is 493 g/mol. The molecule has 0 bridgehead atoms. The SMILES string of the molecule is O=C(O)C1CCC(CNS(=O)(=O)c2cc(OCC(F)(F)F)ccc2OCC(F)(F)F)CC1. The van der Waals surface area contributed by atoms with Crippen LogP contribution in [0.15, 0.2) is 23.1 Å². The van der Waals surface area contributed by atoms with Crippen molar-refractivity contribution >= 4 is 16.0 Å². The van der Waals surface area contributed by atoms with Crippen molar-refractivity contribution in [2.75, 3.05) is 19.8 Å². The lowest BCUT2D eigenvalue weighted by Gasteiger charge is -2.26. The van der Waals surface area contributed by atoms with Gasteiger partial charge >= 0.3 is 18.3 Å². The van der Waals surface area contributed by atoms with Crippen molar-refractivity contribution in [2.45, 2.75) is 42.9 Å². The fourth-order valence-electron chi connectivity index (χ4n) is 3.15. The van der Waals surface area contributed by atoms with Crippen LogP contribution < -0.4 is 14.2 Å². The molecule has 0 aliphatic heterocycles. The van der Waals surface area contributed by atoms with E-state index in [-0.39, 0.29) is 12.5 Å². The third kappa shape index (κ3) is 8.37. The first-order valence-electron chi connectivity index (χ1n) is 9.42. The maximum Gasteiger partial charge on any atom is 0.422 e. The van der Waals surface area contributed by atoms with E-state index >= 15 is 0 Å². The van der Waals surface area contributed by atoms with Crippen molar-refractivity contribution in [1.82, 2.24) is 4.72 Å². The normalized spacial score (nSPS) is 20.1. The first-order valence-corrected chi connectivity index (χ1v) is 10.9. The summed E-state index contributed by atoms with van der Waals surface area (Å²) in [5.41, 5.74) is 0. The van der Waals surface area contributed by atoms with E-state index in [1.807, 2.05) is 0 Å². The predicted molar refractivity (Wildman–Crippen MR) is 97.8 cm³/mol. The number of alkyl halides is 6. The minimum atomic E-state index is -4.78. The molecule has 1 aliphatic carbocycles. The van der Waals surface area contributed by atoms with Gasteiger partial charge in [-0.1, -0.05) is 0 Å². The van der Waals surface area contributed by atoms with Gasteiger partial charge < -0.3 is 14.6 Å². The largest absolute Gasteiger partial charge is 0.484 e. The number of carbonyl (C=O) groups is 1. The molecule has 0 atom stereocenters. The molecule has 182 valence electrons. The lowest BCUT2D eigenvalue weighted by Crippen LogP contribution is -2.33. The van der Waals surface area contributed by atoms with Gasteiger partial charge in [0.15, 0.2) is 13.2 Å². The van der Waals surface area contributed by atoms with Gasteiger partial charge in [0.2, 0.25) is 10.0 Å². The van der Waals surface area contributed by atoms with Crippen molar-refractivity contribution < 1.29 is 54.1 Å². The number of ether oxygens (including phenoxy) is 2. The van der Waals surface area contributed by atoms with Gasteiger partial charge in [-0.15, -0.1) is 0 Å². The summed E-state index contributed by atoms with van der Waals surface area (Å²) in [4.78, 5) is 10.2. The predicted octanol–water partition coefficient (Wildman–Crippen LogP) is 3.74. The van der Waals surface area contributed by atoms with Crippen molar-refractivity contribution in [1.29, 1.82) is 0 Å². The van der Waals surface area contributed by atoms with E-state index in [1.165, 1.54) is 0 Å². The van der Waals surface area contributed by atoms with Gasteiger partial charge in [0, 0.05) is 12.6 Å². The number of sulfonamides is 1. The second kappa shape index (κ2) is 10.1. The average molecular weight is 493 g/mol. The van der Waals surface area contributed by atoms with Crippen LogP contribution in [0, 0.1) is 11.8 Å². The number of carboxylic acid groups (broad SMARTS) is 1. The second-order valence-electron chi connectivity index (χ2n) is 7.32. The van der Waals surface area contributed by atoms with E-state index in [9.17, 15) is 39.6 Å². The fraction of sp³-hybridized carbons (Fsp3) is 0.611. The number of benzene rings is 1. The zero-order valence-electron chi connectivity index (χ0n) is 16.5. The molecule has 0 amide bonds. The van der Waals surface area contributed by atoms with E-state index in [0.717, 1.165) is 12.1 Å². The van der Waals surface area contributed by atoms with Crippen LogP contribution in [-0.2, 0) is 14.8 Å². The molecule has 1 saturated carbocycles. The van der Waals surface area contributed by atoms with Gasteiger partial charge in [0.25, 0.3) is 0 Å². The summed E-state index contributed by atoms with van der Waals surface area (Å²) in [6, 6.07) is 2.30. The van der Waals surface area contributed by atoms with Crippen molar-refractivity contribution in [3.05, 3.63) is 18.2 Å². The highest BCUT2D eigenvalue weighted by Gasteiger charge is 2.32. The van der Waals surface area contributed by atoms with Gasteiger partial charge in [-0.2, -0.15) is 26.3 Å². The summed E-state index contributed by atoms with van der Waals surface area (Å²) in [6.07, 6.45) is -7.94. The molecular formula is C18H21F6NO6S. The Kier molecular flexibility index (Phi) is 8.26. The van der Waals surface area contributed by atoms with Crippen LogP contribution >= 0.6 is 0 Å². The van der Waals surface area contributed by atoms with Gasteiger partial charge in [-0.05, 0) is 43.7 Å². The molecule has 0 spiro atoms. The molecular weight excluding hydrogens is 472 g/mol. The minimum Gasteiger partial charge on any atom is -0.484 e. The smallest absolute Gasteiger partial charge is 0.422 e. The van der Waals surface area contributed by atoms with Crippen molar-refractivity contribution in [3.63, 3.8) is 0 Å². The molecule has 0 radical (unpaired) electrons. The first kappa shape index (κ1) is 26.0. The van der Waals surface area contributed by atoms with Crippen LogP contribution in [0.3, 0.4) is 0 Å². The number of rotatable bonds is 9. The summed E-state index contributed by atoms with van der Waals surface area (Å²) in [5, 5.41) is 9.00. The molecule has 1 aliphatic rings. The Hall–Kier alpha value is -2.22. The number of nitrogens with one attached hydrogen (secondary N) is 1. The standard InChI is InChI=1S/C18H21F6NO6S/c19-17(20,21)9-30-13-5-6-14(31-10-18(22,23)24)15(7-13)32(28,29)25-8-11-1-3-12(4-2-11)16(26)27/h5-7,11-12,25H,1-4,8-10H2,(H,26,27). The molecule has 0 aromatic heterocycles. The van der Waals surface area contributed by atoms with Gasteiger partial charge in [-0.25, -0.2) is 13.1 Å². The highest BCUT2D eigenvalue weighted by atomic mass is 32.2. The minimum absolute atomic E-state index is 0.124. The van der Waals surface area contributed by atoms with E-state index in [1.54, 1.807) is 0 Å². The zero-order chi connectivity index (χ0) is 24.2. The van der Waals surface area contributed by atoms with Gasteiger partial charge in [-0.3, -0.25) is 4.79 Å². The molecule has 0 saturated heterocycles. The summed E-state index contributed by atoms with van der Waals surface area (Å²) in [5.74, 6) is -2.89. The number of hydrogen-bond acceptors (Lipinski definition) is 5. The molecule has 2 N–H and O–H groups in total. The third-order valence-corrected chi connectivity index (χ3v) is 6.20. The van der Waals surface area contributed by atoms with Crippen LogP contribution in [0.1, 0.15) is 25.7 Å². The van der Waals surface area contributed by atoms with Crippen LogP contribution in [0.25, 0.3) is 0 Å². The van der Waals surface area contributed by atoms with Crippen LogP contribution in [0.5, 0.6) is 11.5 Å². The third-order valence-electron chi connectivity index (χ3n) is 4.76. The molecule has 14 heteroatoms. The summed E-state index contributed by atoms with van der Waals surface area (Å²) < 4.78 is 111. The van der Waals surface area contributed by atoms with E-state index in [0.29, 0.717) is 31.7 Å². The Morgan fingerprint density at radius 2 is 1.56 bits per heavy atom. The maximum absolute atomic E-state index is 12.7. The second-order valence-corrected chi connectivity index (χ2v) is 9.06. The summed E-state index contributed by atoms with van der Waals surface area (Å²) in [7, 11) is -4.48. The number of hydrogen-bond donors (Lipinski definition) is 2. The number of carboxylic acids is 1. The molecule has 0 heterocycles. The Bertz CT molecular complexity index is 894. The topological polar surface area (TPSA) is 102 Å². The Labute approximate surface area is 179 Å². The number of halogens is 6. The lowest BCUT2D eigenvalue weighted by molar-refractivity contribution is -0.154. The first-order chi connectivity index (χ1) is 14.7. The van der Waals surface area contributed by atoms with E-state index in [4.69, 9.17) is 5.11 Å². The van der Waals surface area contributed by atoms with Gasteiger partial charge in [0.1, 0.15) is 16.4 Å². The zero-order valence-corrected chi connectivity index (χ0v) is 17.3. The maximum atomic E-state index is 12.7. The molecule has 0 unspecified atom stereocenters. The Balaban J connectivity index is 2.16. The van der Waals surface area contributed by atoms with Gasteiger partial charge in [0.05, 0.1) is 5.92 Å². The molecule has 1 aromatic rings. The van der Waals surface area contributed by atoms with E-state index in [2.05, 4.69) is 14.2 Å². The molecule has 2 rings (SSSR count). The van der Waals surface area contributed by atoms with Crippen LogP contribution in [0.4, 0.5) is 26.3 Å². The Morgan fingerprint density at radius 1 is 1.00 bits per heavy atom. The van der Waals surface area contributed by atoms with E-state index < -0.39 is 63.9 Å². The quantitative estimate of drug-likeness (QED) is 0.509. The van der Waals surface area contributed by atoms with Crippen molar-refractivity contribution in [3.8, 4) is 11.5 Å². The highest BCUT2D eigenvalue weighted by Crippen LogP contribution is 2.32. The average Bonchev–Trinajstić information content (AvgIpc) is 2.68. The highest BCUT2D eigenvalue weighted by molar-refractivity contribution is 7.89. The molecule has 1 fully saturated rings. The molecule has 32 heavy (non-hydrogen) atoms. The molecule has 7 nitrogen and oxygen atoms in total. The summed E-state index contributed by atoms with van der Waals surface area (Å²) >= 11 is 0. The molecule has 1 aromatic carbocycles. The lowest BCUT2D eigenvalue weighted by atomic mass is 9.82. The van der Waals surface area contributed by atoms with Crippen molar-refractivity contribution in [2.24, 2.45) is 11.8 Å².